The Morgan fingerprint density at radius 1 is 1.11 bits per heavy atom. The van der Waals surface area contributed by atoms with Crippen LogP contribution in [0.3, 0.4) is 0 Å². The monoisotopic (exact) mass is 392 g/mol. The Morgan fingerprint density at radius 2 is 1.93 bits per heavy atom. The zero-order chi connectivity index (χ0) is 19.5. The van der Waals surface area contributed by atoms with E-state index in [4.69, 9.17) is 0 Å². The quantitative estimate of drug-likeness (QED) is 0.481. The van der Waals surface area contributed by atoms with Crippen molar-refractivity contribution in [3.05, 3.63) is 71.7 Å². The predicted molar refractivity (Wildman–Crippen MR) is 109 cm³/mol. The van der Waals surface area contributed by atoms with Gasteiger partial charge in [-0.05, 0) is 42.8 Å². The Hall–Kier alpha value is -3.43. The fourth-order valence-electron chi connectivity index (χ4n) is 2.83. The van der Waals surface area contributed by atoms with E-state index in [1.165, 1.54) is 6.33 Å². The van der Waals surface area contributed by atoms with Crippen molar-refractivity contribution in [1.29, 1.82) is 0 Å². The third-order valence-electron chi connectivity index (χ3n) is 4.11. The van der Waals surface area contributed by atoms with Crippen molar-refractivity contribution in [2.45, 2.75) is 4.90 Å². The fourth-order valence-corrected chi connectivity index (χ4v) is 3.50. The van der Waals surface area contributed by atoms with Gasteiger partial charge < -0.3 is 10.3 Å². The first-order valence-corrected chi connectivity index (χ1v) is 9.55. The Labute approximate surface area is 162 Å². The van der Waals surface area contributed by atoms with Crippen molar-refractivity contribution >= 4 is 33.3 Å². The van der Waals surface area contributed by atoms with Crippen LogP contribution in [0.4, 0.5) is 11.5 Å². The van der Waals surface area contributed by atoms with E-state index in [1.54, 1.807) is 43.8 Å². The molecule has 1 aromatic carbocycles. The molecule has 140 valence electrons. The number of pyridine rings is 2. The molecule has 0 aliphatic heterocycles. The Balaban J connectivity index is 1.86. The molecule has 0 fully saturated rings. The first-order chi connectivity index (χ1) is 13.7. The molecule has 0 radical (unpaired) electrons. The lowest BCUT2D eigenvalue weighted by Gasteiger charge is -2.12. The molecule has 4 aromatic rings. The largest absolute Gasteiger partial charge is 0.339 e. The second-order valence-electron chi connectivity index (χ2n) is 5.88. The van der Waals surface area contributed by atoms with Gasteiger partial charge in [-0.2, -0.15) is 0 Å². The summed E-state index contributed by atoms with van der Waals surface area (Å²) in [6.07, 6.45) is 6.36. The molecule has 9 heteroatoms. The summed E-state index contributed by atoms with van der Waals surface area (Å²) in [6.45, 7) is 0. The van der Waals surface area contributed by atoms with Crippen molar-refractivity contribution in [3.8, 4) is 11.3 Å². The van der Waals surface area contributed by atoms with Crippen molar-refractivity contribution in [1.82, 2.24) is 24.7 Å². The maximum absolute atomic E-state index is 12.4. The van der Waals surface area contributed by atoms with Crippen LogP contribution in [0, 0.1) is 0 Å². The van der Waals surface area contributed by atoms with E-state index in [2.05, 4.69) is 30.0 Å². The van der Waals surface area contributed by atoms with E-state index in [0.717, 1.165) is 10.9 Å². The fraction of sp³-hybridized carbons (Fsp3) is 0.0526. The van der Waals surface area contributed by atoms with Crippen LogP contribution in [0.5, 0.6) is 0 Å². The first-order valence-electron chi connectivity index (χ1n) is 8.40. The van der Waals surface area contributed by atoms with Gasteiger partial charge in [-0.3, -0.25) is 4.79 Å². The molecule has 0 saturated carbocycles. The lowest BCUT2D eigenvalue weighted by atomic mass is 10.1. The lowest BCUT2D eigenvalue weighted by molar-refractivity contribution is 0.678. The summed E-state index contributed by atoms with van der Waals surface area (Å²) in [6, 6.07) is 10.7. The van der Waals surface area contributed by atoms with Crippen molar-refractivity contribution in [2.75, 3.05) is 12.4 Å². The number of nitrogens with one attached hydrogen (secondary N) is 3. The molecule has 0 bridgehead atoms. The third kappa shape index (κ3) is 3.53. The van der Waals surface area contributed by atoms with Crippen LogP contribution in [-0.4, -0.2) is 31.2 Å². The molecule has 0 spiro atoms. The Morgan fingerprint density at radius 3 is 2.71 bits per heavy atom. The number of rotatable bonds is 5. The van der Waals surface area contributed by atoms with Gasteiger partial charge in [-0.15, -0.1) is 0 Å². The molecular formula is C19H16N6O2S. The number of benzene rings is 1. The van der Waals surface area contributed by atoms with Gasteiger partial charge in [0.2, 0.25) is 0 Å². The SMILES string of the molecule is CNS(=O)c1cccc(Nc2nc(-c3cncnc3)cc3cc[nH]c(=O)c23)c1. The molecular weight excluding hydrogens is 376 g/mol. The van der Waals surface area contributed by atoms with Crippen LogP contribution in [0.2, 0.25) is 0 Å². The summed E-state index contributed by atoms with van der Waals surface area (Å²) in [5, 5.41) is 4.35. The highest BCUT2D eigenvalue weighted by molar-refractivity contribution is 7.83. The van der Waals surface area contributed by atoms with Crippen molar-refractivity contribution < 1.29 is 4.21 Å². The van der Waals surface area contributed by atoms with Crippen molar-refractivity contribution in [3.63, 3.8) is 0 Å². The maximum Gasteiger partial charge on any atom is 0.259 e. The summed E-state index contributed by atoms with van der Waals surface area (Å²) >= 11 is 0. The van der Waals surface area contributed by atoms with Crippen LogP contribution in [-0.2, 0) is 11.0 Å². The predicted octanol–water partition coefficient (Wildman–Crippen LogP) is 2.37. The van der Waals surface area contributed by atoms with Gasteiger partial charge in [0.15, 0.2) is 0 Å². The maximum atomic E-state index is 12.4. The summed E-state index contributed by atoms with van der Waals surface area (Å²) < 4.78 is 14.7. The molecule has 4 rings (SSSR count). The minimum atomic E-state index is -1.32. The highest BCUT2D eigenvalue weighted by Gasteiger charge is 2.12. The van der Waals surface area contributed by atoms with E-state index >= 15 is 0 Å². The van der Waals surface area contributed by atoms with Gasteiger partial charge in [-0.1, -0.05) is 6.07 Å². The molecule has 1 unspecified atom stereocenters. The molecule has 0 amide bonds. The van der Waals surface area contributed by atoms with Gasteiger partial charge in [0.05, 0.1) is 16.0 Å². The van der Waals surface area contributed by atoms with Crippen LogP contribution in [0.25, 0.3) is 22.0 Å². The molecule has 8 nitrogen and oxygen atoms in total. The van der Waals surface area contributed by atoms with E-state index in [-0.39, 0.29) is 5.56 Å². The van der Waals surface area contributed by atoms with Gasteiger partial charge in [-0.25, -0.2) is 23.9 Å². The van der Waals surface area contributed by atoms with E-state index in [9.17, 15) is 9.00 Å². The molecule has 3 heterocycles. The second-order valence-corrected chi connectivity index (χ2v) is 7.30. The van der Waals surface area contributed by atoms with Gasteiger partial charge in [0.25, 0.3) is 5.56 Å². The van der Waals surface area contributed by atoms with E-state index < -0.39 is 11.0 Å². The normalized spacial score (nSPS) is 12.0. The first kappa shape index (κ1) is 18.0. The number of H-pyrrole nitrogens is 1. The molecule has 0 aliphatic carbocycles. The minimum Gasteiger partial charge on any atom is -0.339 e. The molecule has 0 aliphatic rings. The number of fused-ring (bicyclic) bond motifs is 1. The standard InChI is InChI=1S/C19H16N6O2S/c1-20-28(27)15-4-2-3-14(8-15)24-18-17-12(5-6-23-19(17)26)7-16(25-18)13-9-21-11-22-10-13/h2-11,20H,1H3,(H,23,26)(H,24,25). The smallest absolute Gasteiger partial charge is 0.259 e. The zero-order valence-electron chi connectivity index (χ0n) is 14.8. The zero-order valence-corrected chi connectivity index (χ0v) is 15.7. The van der Waals surface area contributed by atoms with Crippen LogP contribution in [0.1, 0.15) is 0 Å². The van der Waals surface area contributed by atoms with E-state index in [1.807, 2.05) is 18.2 Å². The van der Waals surface area contributed by atoms with Gasteiger partial charge in [0.1, 0.15) is 23.1 Å². The van der Waals surface area contributed by atoms with Crippen LogP contribution >= 0.6 is 0 Å². The van der Waals surface area contributed by atoms with E-state index in [0.29, 0.717) is 27.5 Å². The highest BCUT2D eigenvalue weighted by Crippen LogP contribution is 2.27. The van der Waals surface area contributed by atoms with Crippen molar-refractivity contribution in [2.24, 2.45) is 0 Å². The average molecular weight is 392 g/mol. The molecule has 3 aromatic heterocycles. The van der Waals surface area contributed by atoms with Crippen LogP contribution in [0.15, 0.2) is 71.0 Å². The number of hydrogen-bond donors (Lipinski definition) is 3. The number of hydrogen-bond acceptors (Lipinski definition) is 6. The number of aromatic amines is 1. The van der Waals surface area contributed by atoms with Crippen LogP contribution < -0.4 is 15.6 Å². The lowest BCUT2D eigenvalue weighted by Crippen LogP contribution is -2.11. The summed E-state index contributed by atoms with van der Waals surface area (Å²) in [5.41, 5.74) is 1.78. The summed E-state index contributed by atoms with van der Waals surface area (Å²) in [4.78, 5) is 28.4. The molecule has 1 atom stereocenters. The number of anilines is 2. The Kier molecular flexibility index (Phi) is 4.92. The molecule has 0 saturated heterocycles. The second kappa shape index (κ2) is 7.67. The summed E-state index contributed by atoms with van der Waals surface area (Å²) in [7, 11) is 0.302. The molecule has 28 heavy (non-hydrogen) atoms. The van der Waals surface area contributed by atoms with Gasteiger partial charge >= 0.3 is 0 Å². The topological polar surface area (TPSA) is 113 Å². The van der Waals surface area contributed by atoms with Gasteiger partial charge in [0, 0.05) is 29.8 Å². The minimum absolute atomic E-state index is 0.252. The molecule has 3 N–H and O–H groups in total. The average Bonchev–Trinajstić information content (AvgIpc) is 2.74. The number of nitrogens with zero attached hydrogens (tertiary/aromatic N) is 3. The number of aromatic nitrogens is 4. The highest BCUT2D eigenvalue weighted by atomic mass is 32.2. The summed E-state index contributed by atoms with van der Waals surface area (Å²) in [5.74, 6) is 0.394. The third-order valence-corrected chi connectivity index (χ3v) is 5.16. The Bertz CT molecular complexity index is 1230.